The molecule has 170 valence electrons. The topological polar surface area (TPSA) is 57.8 Å². The fourth-order valence-corrected chi connectivity index (χ4v) is 4.01. The number of nitrogens with one attached hydrogen (secondary N) is 1. The van der Waals surface area contributed by atoms with Crippen LogP contribution in [0.4, 0.5) is 18.9 Å². The fourth-order valence-electron chi connectivity index (χ4n) is 4.01. The number of alkyl halides is 3. The molecular formula is C26H24F3N3O. The summed E-state index contributed by atoms with van der Waals surface area (Å²) in [5.41, 5.74) is 4.89. The normalized spacial score (nSPS) is 11.9. The van der Waals surface area contributed by atoms with Gasteiger partial charge in [0.1, 0.15) is 11.6 Å². The Kier molecular flexibility index (Phi) is 6.50. The quantitative estimate of drug-likeness (QED) is 0.360. The van der Waals surface area contributed by atoms with Crippen molar-refractivity contribution >= 4 is 17.7 Å². The zero-order valence-electron chi connectivity index (χ0n) is 19.1. The van der Waals surface area contributed by atoms with E-state index in [0.29, 0.717) is 28.3 Å². The minimum Gasteiger partial charge on any atom is -0.321 e. The maximum absolute atomic E-state index is 13.2. The number of halogens is 3. The monoisotopic (exact) mass is 451 g/mol. The Hall–Kier alpha value is -3.79. The van der Waals surface area contributed by atoms with Crippen molar-refractivity contribution in [2.45, 2.75) is 40.8 Å². The van der Waals surface area contributed by atoms with E-state index in [4.69, 9.17) is 0 Å². The molecule has 3 rings (SSSR count). The number of aryl methyl sites for hydroxylation is 4. The molecule has 4 nitrogen and oxygen atoms in total. The van der Waals surface area contributed by atoms with Gasteiger partial charge in [0.05, 0.1) is 5.56 Å². The number of hydrogen-bond acceptors (Lipinski definition) is 2. The molecular weight excluding hydrogens is 427 g/mol. The second kappa shape index (κ2) is 8.99. The van der Waals surface area contributed by atoms with Crippen molar-refractivity contribution in [1.29, 1.82) is 5.26 Å². The van der Waals surface area contributed by atoms with Gasteiger partial charge >= 0.3 is 6.18 Å². The average Bonchev–Trinajstić information content (AvgIpc) is 3.01. The number of amides is 1. The lowest BCUT2D eigenvalue weighted by molar-refractivity contribution is -0.137. The molecule has 1 N–H and O–H groups in total. The van der Waals surface area contributed by atoms with Crippen molar-refractivity contribution in [3.63, 3.8) is 0 Å². The molecule has 2 aromatic carbocycles. The highest BCUT2D eigenvalue weighted by Gasteiger charge is 2.30. The number of aromatic nitrogens is 1. The summed E-state index contributed by atoms with van der Waals surface area (Å²) >= 11 is 0. The van der Waals surface area contributed by atoms with Gasteiger partial charge in [0, 0.05) is 22.8 Å². The number of rotatable bonds is 4. The van der Waals surface area contributed by atoms with Crippen molar-refractivity contribution in [3.05, 3.63) is 87.2 Å². The zero-order chi connectivity index (χ0) is 24.5. The molecule has 1 aromatic heterocycles. The Morgan fingerprint density at radius 3 is 2.24 bits per heavy atom. The van der Waals surface area contributed by atoms with E-state index in [1.807, 2.05) is 39.0 Å². The van der Waals surface area contributed by atoms with Gasteiger partial charge in [-0.25, -0.2) is 0 Å². The summed E-state index contributed by atoms with van der Waals surface area (Å²) in [6.07, 6.45) is -2.99. The van der Waals surface area contributed by atoms with E-state index in [2.05, 4.69) is 5.32 Å². The standard InChI is InChI=1S/C26H24F3N3O/c1-15-9-16(2)24(17(3)10-15)31-25(33)21(14-30)12-20-11-18(4)32(19(20)5)23-8-6-7-22(13-23)26(27,28)29/h6-13H,1-5H3,(H,31,33). The third-order valence-corrected chi connectivity index (χ3v) is 5.48. The molecule has 3 aromatic rings. The number of carbonyl (C=O) groups excluding carboxylic acids is 1. The molecule has 0 spiro atoms. The molecule has 0 aliphatic rings. The summed E-state index contributed by atoms with van der Waals surface area (Å²) in [5, 5.41) is 12.4. The van der Waals surface area contributed by atoms with Crippen molar-refractivity contribution in [3.8, 4) is 11.8 Å². The molecule has 1 amide bonds. The van der Waals surface area contributed by atoms with Crippen LogP contribution in [0.5, 0.6) is 0 Å². The minimum atomic E-state index is -4.45. The van der Waals surface area contributed by atoms with E-state index in [1.165, 1.54) is 12.1 Å². The first-order chi connectivity index (χ1) is 15.4. The maximum atomic E-state index is 13.2. The number of hydrogen-bond donors (Lipinski definition) is 1. The number of anilines is 1. The second-order valence-corrected chi connectivity index (χ2v) is 8.11. The van der Waals surface area contributed by atoms with Gasteiger partial charge in [-0.1, -0.05) is 23.8 Å². The SMILES string of the molecule is Cc1cc(C)c(NC(=O)C(C#N)=Cc2cc(C)n(-c3cccc(C(F)(F)F)c3)c2C)c(C)c1. The van der Waals surface area contributed by atoms with Gasteiger partial charge in [0.15, 0.2) is 0 Å². The van der Waals surface area contributed by atoms with Crippen LogP contribution >= 0.6 is 0 Å². The lowest BCUT2D eigenvalue weighted by Crippen LogP contribution is -2.15. The minimum absolute atomic E-state index is 0.0985. The van der Waals surface area contributed by atoms with Crippen molar-refractivity contribution in [2.75, 3.05) is 5.32 Å². The van der Waals surface area contributed by atoms with Gasteiger partial charge in [0.25, 0.3) is 5.91 Å². The first kappa shape index (κ1) is 23.9. The number of carbonyl (C=O) groups is 1. The van der Waals surface area contributed by atoms with Gasteiger partial charge in [-0.05, 0) is 81.7 Å². The lowest BCUT2D eigenvalue weighted by atomic mass is 10.0. The summed E-state index contributed by atoms with van der Waals surface area (Å²) in [6, 6.07) is 12.6. The maximum Gasteiger partial charge on any atom is 0.416 e. The summed E-state index contributed by atoms with van der Waals surface area (Å²) < 4.78 is 41.1. The van der Waals surface area contributed by atoms with Crippen LogP contribution in [0, 0.1) is 45.9 Å². The van der Waals surface area contributed by atoms with E-state index in [1.54, 1.807) is 30.5 Å². The molecule has 0 unspecified atom stereocenters. The highest BCUT2D eigenvalue weighted by atomic mass is 19.4. The summed E-state index contributed by atoms with van der Waals surface area (Å²) in [6.45, 7) is 9.23. The fraction of sp³-hybridized carbons (Fsp3) is 0.231. The van der Waals surface area contributed by atoms with Crippen LogP contribution in [0.15, 0.2) is 48.0 Å². The van der Waals surface area contributed by atoms with Crippen LogP contribution in [-0.2, 0) is 11.0 Å². The smallest absolute Gasteiger partial charge is 0.321 e. The van der Waals surface area contributed by atoms with Crippen LogP contribution in [0.2, 0.25) is 0 Å². The summed E-state index contributed by atoms with van der Waals surface area (Å²) in [4.78, 5) is 12.8. The third-order valence-electron chi connectivity index (χ3n) is 5.48. The van der Waals surface area contributed by atoms with E-state index in [9.17, 15) is 23.2 Å². The van der Waals surface area contributed by atoms with Crippen molar-refractivity contribution in [1.82, 2.24) is 4.57 Å². The largest absolute Gasteiger partial charge is 0.416 e. The van der Waals surface area contributed by atoms with Gasteiger partial charge in [-0.3, -0.25) is 4.79 Å². The van der Waals surface area contributed by atoms with Gasteiger partial charge in [-0.15, -0.1) is 0 Å². The van der Waals surface area contributed by atoms with E-state index >= 15 is 0 Å². The second-order valence-electron chi connectivity index (χ2n) is 8.11. The van der Waals surface area contributed by atoms with Crippen LogP contribution < -0.4 is 5.32 Å². The Morgan fingerprint density at radius 1 is 1.03 bits per heavy atom. The molecule has 0 radical (unpaired) electrons. The van der Waals surface area contributed by atoms with Crippen LogP contribution in [0.3, 0.4) is 0 Å². The van der Waals surface area contributed by atoms with Crippen molar-refractivity contribution in [2.24, 2.45) is 0 Å². The predicted octanol–water partition coefficient (Wildman–Crippen LogP) is 6.58. The van der Waals surface area contributed by atoms with Gasteiger partial charge < -0.3 is 9.88 Å². The Morgan fingerprint density at radius 2 is 1.67 bits per heavy atom. The number of nitriles is 1. The molecule has 0 saturated carbocycles. The van der Waals surface area contributed by atoms with E-state index in [0.717, 1.165) is 28.8 Å². The highest BCUT2D eigenvalue weighted by molar-refractivity contribution is 6.10. The number of nitrogens with zero attached hydrogens (tertiary/aromatic N) is 2. The average molecular weight is 451 g/mol. The van der Waals surface area contributed by atoms with Crippen LogP contribution in [0.25, 0.3) is 11.8 Å². The molecule has 33 heavy (non-hydrogen) atoms. The van der Waals surface area contributed by atoms with E-state index < -0.39 is 17.6 Å². The molecule has 0 saturated heterocycles. The Labute approximate surface area is 191 Å². The molecule has 0 aliphatic heterocycles. The summed E-state index contributed by atoms with van der Waals surface area (Å²) in [7, 11) is 0. The first-order valence-electron chi connectivity index (χ1n) is 10.3. The Balaban J connectivity index is 1.98. The van der Waals surface area contributed by atoms with Gasteiger partial charge in [0.2, 0.25) is 0 Å². The number of benzene rings is 2. The summed E-state index contributed by atoms with van der Waals surface area (Å²) in [5.74, 6) is -0.545. The van der Waals surface area contributed by atoms with Crippen molar-refractivity contribution < 1.29 is 18.0 Å². The van der Waals surface area contributed by atoms with Crippen LogP contribution in [0.1, 0.15) is 39.2 Å². The molecule has 0 fully saturated rings. The predicted molar refractivity (Wildman–Crippen MR) is 123 cm³/mol. The zero-order valence-corrected chi connectivity index (χ0v) is 19.1. The van der Waals surface area contributed by atoms with Crippen LogP contribution in [-0.4, -0.2) is 10.5 Å². The molecule has 7 heteroatoms. The van der Waals surface area contributed by atoms with E-state index in [-0.39, 0.29) is 5.57 Å². The molecule has 0 atom stereocenters. The Bertz CT molecular complexity index is 1280. The molecule has 1 heterocycles. The molecule has 0 aliphatic carbocycles. The molecule has 0 bridgehead atoms. The first-order valence-corrected chi connectivity index (χ1v) is 10.3. The highest BCUT2D eigenvalue weighted by Crippen LogP contribution is 2.32. The van der Waals surface area contributed by atoms with Gasteiger partial charge in [-0.2, -0.15) is 18.4 Å². The third kappa shape index (κ3) is 5.01. The lowest BCUT2D eigenvalue weighted by Gasteiger charge is -2.13.